The van der Waals surface area contributed by atoms with Crippen LogP contribution in [0.3, 0.4) is 0 Å². The number of amides is 1. The monoisotopic (exact) mass is 381 g/mol. The lowest BCUT2D eigenvalue weighted by Gasteiger charge is -2.31. The number of carbonyl (C=O) groups excluding carboxylic acids is 1. The maximum atomic E-state index is 11.0. The summed E-state index contributed by atoms with van der Waals surface area (Å²) in [6, 6.07) is 11.0. The first-order chi connectivity index (χ1) is 13.5. The smallest absolute Gasteiger partial charge is 0.267 e. The molecule has 28 heavy (non-hydrogen) atoms. The molecule has 1 aliphatic rings. The third-order valence-electron chi connectivity index (χ3n) is 4.99. The molecule has 7 heteroatoms. The Kier molecular flexibility index (Phi) is 6.38. The number of nitrogens with zero attached hydrogens (tertiary/aromatic N) is 3. The van der Waals surface area contributed by atoms with Crippen molar-refractivity contribution in [3.8, 4) is 0 Å². The number of hydroxylamine groups is 1. The van der Waals surface area contributed by atoms with Crippen LogP contribution in [0, 0.1) is 0 Å². The molecular weight excluding hydrogens is 354 g/mol. The number of likely N-dealkylation sites (tertiary alicyclic amines) is 1. The van der Waals surface area contributed by atoms with Gasteiger partial charge in [0, 0.05) is 37.2 Å². The van der Waals surface area contributed by atoms with Gasteiger partial charge in [0.15, 0.2) is 0 Å². The minimum absolute atomic E-state index is 0.102. The highest BCUT2D eigenvalue weighted by atomic mass is 16.5. The first-order valence-corrected chi connectivity index (χ1v) is 9.45. The van der Waals surface area contributed by atoms with Crippen molar-refractivity contribution in [2.75, 3.05) is 25.0 Å². The van der Waals surface area contributed by atoms with Crippen LogP contribution in [0.2, 0.25) is 0 Å². The fourth-order valence-corrected chi connectivity index (χ4v) is 3.54. The summed E-state index contributed by atoms with van der Waals surface area (Å²) in [7, 11) is 0. The molecule has 1 aromatic carbocycles. The van der Waals surface area contributed by atoms with Crippen molar-refractivity contribution < 1.29 is 10.0 Å². The molecule has 0 saturated carbocycles. The van der Waals surface area contributed by atoms with E-state index in [1.807, 2.05) is 0 Å². The Labute approximate surface area is 165 Å². The highest BCUT2D eigenvalue weighted by molar-refractivity contribution is 5.90. The average Bonchev–Trinajstić information content (AvgIpc) is 3.14. The Bertz CT molecular complexity index is 805. The molecule has 1 aromatic heterocycles. The average molecular weight is 381 g/mol. The van der Waals surface area contributed by atoms with Gasteiger partial charge < -0.3 is 10.2 Å². The van der Waals surface area contributed by atoms with Crippen molar-refractivity contribution in [3.05, 3.63) is 60.1 Å². The van der Waals surface area contributed by atoms with Crippen LogP contribution in [-0.2, 0) is 10.2 Å². The molecular formula is C21H27N5O2. The SMILES string of the molecule is CC(C)(CN1CC[C@@H](Nc2cnc(/C=C/C(=O)NO)cn2)C1)c1ccccc1. The lowest BCUT2D eigenvalue weighted by Crippen LogP contribution is -2.37. The van der Waals surface area contributed by atoms with Crippen molar-refractivity contribution in [3.63, 3.8) is 0 Å². The predicted octanol–water partition coefficient (Wildman–Crippen LogP) is 2.46. The van der Waals surface area contributed by atoms with Gasteiger partial charge in [-0.2, -0.15) is 0 Å². The molecule has 0 spiro atoms. The van der Waals surface area contributed by atoms with Crippen LogP contribution in [0.5, 0.6) is 0 Å². The van der Waals surface area contributed by atoms with Gasteiger partial charge in [-0.1, -0.05) is 44.2 Å². The van der Waals surface area contributed by atoms with Crippen LogP contribution in [0.15, 0.2) is 48.8 Å². The van der Waals surface area contributed by atoms with E-state index >= 15 is 0 Å². The molecule has 0 aliphatic carbocycles. The van der Waals surface area contributed by atoms with Crippen LogP contribution in [0.4, 0.5) is 5.82 Å². The second kappa shape index (κ2) is 8.95. The summed E-state index contributed by atoms with van der Waals surface area (Å²) in [5.74, 6) is 0.117. The van der Waals surface area contributed by atoms with Crippen LogP contribution in [0.1, 0.15) is 31.5 Å². The molecule has 1 aliphatic heterocycles. The third kappa shape index (κ3) is 5.37. The maximum absolute atomic E-state index is 11.0. The van der Waals surface area contributed by atoms with E-state index in [4.69, 9.17) is 5.21 Å². The number of carbonyl (C=O) groups is 1. The van der Waals surface area contributed by atoms with Gasteiger partial charge in [-0.05, 0) is 18.1 Å². The van der Waals surface area contributed by atoms with E-state index in [0.29, 0.717) is 11.7 Å². The normalized spacial score (nSPS) is 17.8. The molecule has 3 rings (SSSR count). The van der Waals surface area contributed by atoms with E-state index in [1.54, 1.807) is 12.4 Å². The number of hydrogen-bond donors (Lipinski definition) is 3. The zero-order chi connectivity index (χ0) is 20.0. The minimum atomic E-state index is -0.603. The summed E-state index contributed by atoms with van der Waals surface area (Å²) in [4.78, 5) is 22.1. The fraction of sp³-hybridized carbons (Fsp3) is 0.381. The Morgan fingerprint density at radius 2 is 2.07 bits per heavy atom. The van der Waals surface area contributed by atoms with E-state index in [1.165, 1.54) is 23.2 Å². The van der Waals surface area contributed by atoms with E-state index in [2.05, 4.69) is 64.4 Å². The van der Waals surface area contributed by atoms with Gasteiger partial charge in [0.25, 0.3) is 5.91 Å². The molecule has 1 saturated heterocycles. The van der Waals surface area contributed by atoms with E-state index < -0.39 is 5.91 Å². The molecule has 0 bridgehead atoms. The van der Waals surface area contributed by atoms with Gasteiger partial charge in [0.2, 0.25) is 0 Å². The Balaban J connectivity index is 1.52. The highest BCUT2D eigenvalue weighted by Gasteiger charge is 2.29. The van der Waals surface area contributed by atoms with Crippen molar-refractivity contribution >= 4 is 17.8 Å². The number of nitrogens with one attached hydrogen (secondary N) is 2. The van der Waals surface area contributed by atoms with E-state index in [9.17, 15) is 4.79 Å². The highest BCUT2D eigenvalue weighted by Crippen LogP contribution is 2.26. The first kappa shape index (κ1) is 20.0. The zero-order valence-electron chi connectivity index (χ0n) is 16.3. The largest absolute Gasteiger partial charge is 0.365 e. The molecule has 0 radical (unpaired) electrons. The first-order valence-electron chi connectivity index (χ1n) is 9.45. The number of anilines is 1. The molecule has 2 heterocycles. The quantitative estimate of drug-likeness (QED) is 0.388. The van der Waals surface area contributed by atoms with Gasteiger partial charge in [0.1, 0.15) is 5.82 Å². The van der Waals surface area contributed by atoms with Crippen molar-refractivity contribution in [1.29, 1.82) is 0 Å². The Morgan fingerprint density at radius 3 is 2.75 bits per heavy atom. The van der Waals surface area contributed by atoms with Gasteiger partial charge in [0.05, 0.1) is 18.1 Å². The number of benzene rings is 1. The molecule has 1 atom stereocenters. The van der Waals surface area contributed by atoms with Gasteiger partial charge >= 0.3 is 0 Å². The minimum Gasteiger partial charge on any atom is -0.365 e. The van der Waals surface area contributed by atoms with Gasteiger partial charge in [-0.25, -0.2) is 10.5 Å². The zero-order valence-corrected chi connectivity index (χ0v) is 16.3. The van der Waals surface area contributed by atoms with Crippen molar-refractivity contribution in [2.24, 2.45) is 0 Å². The van der Waals surface area contributed by atoms with Crippen molar-refractivity contribution in [2.45, 2.75) is 31.7 Å². The number of aromatic nitrogens is 2. The van der Waals surface area contributed by atoms with E-state index in [0.717, 1.165) is 31.9 Å². The number of rotatable bonds is 7. The maximum Gasteiger partial charge on any atom is 0.267 e. The summed E-state index contributed by atoms with van der Waals surface area (Å²) in [6.07, 6.45) is 7.00. The fourth-order valence-electron chi connectivity index (χ4n) is 3.54. The second-order valence-corrected chi connectivity index (χ2v) is 7.75. The Morgan fingerprint density at radius 1 is 1.29 bits per heavy atom. The molecule has 148 valence electrons. The summed E-state index contributed by atoms with van der Waals surface area (Å²) < 4.78 is 0. The molecule has 1 amide bonds. The summed E-state index contributed by atoms with van der Waals surface area (Å²) in [5, 5.41) is 11.9. The molecule has 2 aromatic rings. The third-order valence-corrected chi connectivity index (χ3v) is 4.99. The van der Waals surface area contributed by atoms with Crippen LogP contribution < -0.4 is 10.8 Å². The molecule has 3 N–H and O–H groups in total. The summed E-state index contributed by atoms with van der Waals surface area (Å²) in [6.45, 7) is 7.61. The van der Waals surface area contributed by atoms with Crippen LogP contribution in [0.25, 0.3) is 6.08 Å². The van der Waals surface area contributed by atoms with Gasteiger partial charge in [-0.3, -0.25) is 15.0 Å². The molecule has 1 fully saturated rings. The van der Waals surface area contributed by atoms with Gasteiger partial charge in [-0.15, -0.1) is 0 Å². The summed E-state index contributed by atoms with van der Waals surface area (Å²) in [5.41, 5.74) is 3.54. The van der Waals surface area contributed by atoms with Crippen LogP contribution >= 0.6 is 0 Å². The lowest BCUT2D eigenvalue weighted by atomic mass is 9.84. The topological polar surface area (TPSA) is 90.4 Å². The molecule has 7 nitrogen and oxygen atoms in total. The number of hydrogen-bond acceptors (Lipinski definition) is 6. The lowest BCUT2D eigenvalue weighted by molar-refractivity contribution is -0.124. The van der Waals surface area contributed by atoms with Crippen LogP contribution in [-0.4, -0.2) is 51.7 Å². The standard InChI is InChI=1S/C21H27N5O2/c1-21(2,16-6-4-3-5-7-16)15-26-11-10-18(14-26)24-19-13-22-17(12-23-19)8-9-20(27)25-28/h3-9,12-13,18,28H,10-11,14-15H2,1-2H3,(H,23,24)(H,25,27)/b9-8+/t18-/m1/s1. The second-order valence-electron chi connectivity index (χ2n) is 7.75. The Hall–Kier alpha value is -2.77. The van der Waals surface area contributed by atoms with Crippen molar-refractivity contribution in [1.82, 2.24) is 20.3 Å². The van der Waals surface area contributed by atoms with E-state index in [-0.39, 0.29) is 5.41 Å². The predicted molar refractivity (Wildman–Crippen MR) is 109 cm³/mol. The summed E-state index contributed by atoms with van der Waals surface area (Å²) >= 11 is 0. The molecule has 0 unspecified atom stereocenters.